The molecule has 4 nitrogen and oxygen atoms in total. The number of rotatable bonds is 5. The lowest BCUT2D eigenvalue weighted by Gasteiger charge is -2.06. The summed E-state index contributed by atoms with van der Waals surface area (Å²) in [6.45, 7) is 3.90. The van der Waals surface area contributed by atoms with Crippen molar-refractivity contribution in [2.24, 2.45) is 5.73 Å². The molecule has 1 rings (SSSR count). The van der Waals surface area contributed by atoms with Gasteiger partial charge >= 0.3 is 0 Å². The Morgan fingerprint density at radius 2 is 2.17 bits per heavy atom. The molecule has 1 heterocycles. The van der Waals surface area contributed by atoms with Crippen molar-refractivity contribution in [1.29, 1.82) is 0 Å². The third-order valence-electron chi connectivity index (χ3n) is 2.38. The van der Waals surface area contributed by atoms with Crippen LogP contribution >= 0.6 is 0 Å². The van der Waals surface area contributed by atoms with Gasteiger partial charge in [0.15, 0.2) is 9.84 Å². The Bertz CT molecular complexity index is 522. The number of halogens is 1. The smallest absolute Gasteiger partial charge is 0.186 e. The Morgan fingerprint density at radius 3 is 2.61 bits per heavy atom. The molecule has 1 aromatic rings. The van der Waals surface area contributed by atoms with E-state index in [1.54, 1.807) is 6.07 Å². The number of pyridine rings is 1. The zero-order chi connectivity index (χ0) is 13.8. The summed E-state index contributed by atoms with van der Waals surface area (Å²) in [7, 11) is -3.69. The maximum Gasteiger partial charge on any atom is 0.186 e. The molecule has 2 N–H and O–H groups in total. The summed E-state index contributed by atoms with van der Waals surface area (Å²) in [6, 6.07) is 3.09. The van der Waals surface area contributed by atoms with Crippen molar-refractivity contribution in [3.8, 4) is 0 Å². The van der Waals surface area contributed by atoms with E-state index >= 15 is 0 Å². The summed E-state index contributed by atoms with van der Waals surface area (Å²) in [5.74, 6) is -1.20. The summed E-state index contributed by atoms with van der Waals surface area (Å²) < 4.78 is 36.8. The lowest BCUT2D eigenvalue weighted by atomic mass is 10.1. The van der Waals surface area contributed by atoms with E-state index in [4.69, 9.17) is 5.73 Å². The second-order valence-electron chi connectivity index (χ2n) is 4.22. The normalized spacial score (nSPS) is 13.1. The van der Waals surface area contributed by atoms with Crippen LogP contribution in [0.25, 0.3) is 0 Å². The minimum atomic E-state index is -3.69. The fourth-order valence-corrected chi connectivity index (χ4v) is 2.51. The van der Waals surface area contributed by atoms with Crippen molar-refractivity contribution in [3.63, 3.8) is 0 Å². The van der Waals surface area contributed by atoms with E-state index in [0.29, 0.717) is 0 Å². The van der Waals surface area contributed by atoms with Crippen LogP contribution in [-0.4, -0.2) is 25.7 Å². The summed E-state index contributed by atoms with van der Waals surface area (Å²) in [4.78, 5) is 4.07. The van der Waals surface area contributed by atoms with Gasteiger partial charge in [0.1, 0.15) is 11.6 Å². The van der Waals surface area contributed by atoms with Crippen molar-refractivity contribution in [2.75, 3.05) is 12.3 Å². The number of aromatic nitrogens is 1. The van der Waals surface area contributed by atoms with Gasteiger partial charge in [0.25, 0.3) is 0 Å². The Kier molecular flexibility index (Phi) is 4.98. The van der Waals surface area contributed by atoms with Gasteiger partial charge in [-0.3, -0.25) is 4.98 Å². The van der Waals surface area contributed by atoms with Gasteiger partial charge in [-0.2, -0.15) is 0 Å². The summed E-state index contributed by atoms with van der Waals surface area (Å²) in [5.41, 5.74) is 5.91. The predicted octanol–water partition coefficient (Wildman–Crippen LogP) is 1.79. The van der Waals surface area contributed by atoms with Crippen LogP contribution in [0.15, 0.2) is 35.1 Å². The van der Waals surface area contributed by atoms with Gasteiger partial charge in [-0.25, -0.2) is 12.8 Å². The van der Waals surface area contributed by atoms with E-state index < -0.39 is 21.4 Å². The maximum absolute atomic E-state index is 13.2. The largest absolute Gasteiger partial charge is 0.327 e. The molecule has 0 bridgehead atoms. The molecule has 0 aliphatic carbocycles. The fraction of sp³-hybridized carbons (Fsp3) is 0.417. The first-order valence-electron chi connectivity index (χ1n) is 5.60. The molecule has 0 saturated heterocycles. The average molecular weight is 272 g/mol. The summed E-state index contributed by atoms with van der Waals surface area (Å²) in [5, 5.41) is 0. The second-order valence-corrected chi connectivity index (χ2v) is 6.21. The van der Waals surface area contributed by atoms with Gasteiger partial charge in [0.05, 0.1) is 4.90 Å². The van der Waals surface area contributed by atoms with Crippen LogP contribution in [0, 0.1) is 0 Å². The summed E-state index contributed by atoms with van der Waals surface area (Å²) >= 11 is 0. The van der Waals surface area contributed by atoms with Gasteiger partial charge in [0.2, 0.25) is 0 Å². The molecule has 6 heteroatoms. The standard InChI is InChI=1S/C12H17FN2O2S/c1-9(2)12-4-3-11(7-15-12)18(16,17)8-10(13)5-6-14/h3-5,7,9H,6,8,14H2,1-2H3/b10-5-. The SMILES string of the molecule is CC(C)c1ccc(S(=O)(=O)C/C(F)=C/CN)cn1. The summed E-state index contributed by atoms with van der Waals surface area (Å²) in [6.07, 6.45) is 2.31. The van der Waals surface area contributed by atoms with E-state index in [1.807, 2.05) is 13.8 Å². The molecule has 1 aromatic heterocycles. The highest BCUT2D eigenvalue weighted by Crippen LogP contribution is 2.17. The van der Waals surface area contributed by atoms with Gasteiger partial charge < -0.3 is 5.73 Å². The zero-order valence-electron chi connectivity index (χ0n) is 10.4. The first-order chi connectivity index (χ1) is 8.36. The van der Waals surface area contributed by atoms with Crippen LogP contribution in [0.5, 0.6) is 0 Å². The molecule has 0 fully saturated rings. The topological polar surface area (TPSA) is 73.0 Å². The molecule has 0 amide bonds. The van der Waals surface area contributed by atoms with Crippen molar-refractivity contribution in [2.45, 2.75) is 24.7 Å². The maximum atomic E-state index is 13.2. The van der Waals surface area contributed by atoms with Crippen molar-refractivity contribution in [1.82, 2.24) is 4.98 Å². The molecule has 100 valence electrons. The lowest BCUT2D eigenvalue weighted by molar-refractivity contribution is 0.582. The number of nitrogens with zero attached hydrogens (tertiary/aromatic N) is 1. The van der Waals surface area contributed by atoms with Crippen molar-refractivity contribution in [3.05, 3.63) is 35.9 Å². The molecular formula is C12H17FN2O2S. The minimum absolute atomic E-state index is 0.0208. The van der Waals surface area contributed by atoms with Crippen molar-refractivity contribution < 1.29 is 12.8 Å². The highest BCUT2D eigenvalue weighted by Gasteiger charge is 2.17. The molecule has 0 saturated carbocycles. The third-order valence-corrected chi connectivity index (χ3v) is 3.99. The fourth-order valence-electron chi connectivity index (χ4n) is 1.37. The van der Waals surface area contributed by atoms with E-state index in [2.05, 4.69) is 4.98 Å². The monoisotopic (exact) mass is 272 g/mol. The quantitative estimate of drug-likeness (QED) is 0.887. The second kappa shape index (κ2) is 6.06. The number of hydrogen-bond donors (Lipinski definition) is 1. The van der Waals surface area contributed by atoms with Crippen molar-refractivity contribution >= 4 is 9.84 Å². The lowest BCUT2D eigenvalue weighted by Crippen LogP contribution is -2.09. The number of nitrogens with two attached hydrogens (primary N) is 1. The van der Waals surface area contributed by atoms with E-state index in [9.17, 15) is 12.8 Å². The predicted molar refractivity (Wildman–Crippen MR) is 68.6 cm³/mol. The molecule has 0 aromatic carbocycles. The average Bonchev–Trinajstić information content (AvgIpc) is 2.28. The zero-order valence-corrected chi connectivity index (χ0v) is 11.2. The van der Waals surface area contributed by atoms with Gasteiger partial charge in [-0.1, -0.05) is 13.8 Å². The van der Waals surface area contributed by atoms with Crippen LogP contribution in [-0.2, 0) is 9.84 Å². The first-order valence-corrected chi connectivity index (χ1v) is 7.25. The molecule has 0 aliphatic heterocycles. The minimum Gasteiger partial charge on any atom is -0.327 e. The Hall–Kier alpha value is -1.27. The van der Waals surface area contributed by atoms with E-state index in [0.717, 1.165) is 11.8 Å². The third kappa shape index (κ3) is 3.89. The van der Waals surface area contributed by atoms with Crippen LogP contribution in [0.1, 0.15) is 25.5 Å². The van der Waals surface area contributed by atoms with Crippen LogP contribution in [0.2, 0.25) is 0 Å². The Morgan fingerprint density at radius 1 is 1.50 bits per heavy atom. The van der Waals surface area contributed by atoms with Gasteiger partial charge in [-0.05, 0) is 24.1 Å². The van der Waals surface area contributed by atoms with Crippen LogP contribution in [0.3, 0.4) is 0 Å². The van der Waals surface area contributed by atoms with Crippen LogP contribution in [0.4, 0.5) is 4.39 Å². The van der Waals surface area contributed by atoms with Crippen LogP contribution < -0.4 is 5.73 Å². The van der Waals surface area contributed by atoms with E-state index in [1.165, 1.54) is 12.3 Å². The van der Waals surface area contributed by atoms with Gasteiger partial charge in [0, 0.05) is 18.4 Å². The van der Waals surface area contributed by atoms with Gasteiger partial charge in [-0.15, -0.1) is 0 Å². The number of sulfone groups is 1. The Balaban J connectivity index is 2.95. The molecule has 0 atom stereocenters. The molecule has 18 heavy (non-hydrogen) atoms. The Labute approximate surface area is 107 Å². The first kappa shape index (κ1) is 14.8. The molecule has 0 spiro atoms. The molecular weight excluding hydrogens is 255 g/mol. The number of hydrogen-bond acceptors (Lipinski definition) is 4. The highest BCUT2D eigenvalue weighted by atomic mass is 32.2. The molecule has 0 aliphatic rings. The molecule has 0 unspecified atom stereocenters. The van der Waals surface area contributed by atoms with E-state index in [-0.39, 0.29) is 17.4 Å². The molecule has 0 radical (unpaired) electrons. The highest BCUT2D eigenvalue weighted by molar-refractivity contribution is 7.91.